The minimum absolute atomic E-state index is 0. The van der Waals surface area contributed by atoms with Gasteiger partial charge in [0.15, 0.2) is 45.9 Å². The van der Waals surface area contributed by atoms with Crippen molar-refractivity contribution in [3.8, 4) is 45.5 Å². The Morgan fingerprint density at radius 1 is 0.568 bits per heavy atom. The number of ether oxygens (including phenoxy) is 3. The monoisotopic (exact) mass is 1360 g/mol. The number of esters is 3. The molecule has 4 aromatic heterocycles. The highest BCUT2D eigenvalue weighted by atomic mass is 35.5. The van der Waals surface area contributed by atoms with Gasteiger partial charge in [0.2, 0.25) is 17.4 Å². The predicted molar refractivity (Wildman–Crippen MR) is 359 cm³/mol. The van der Waals surface area contributed by atoms with E-state index in [0.29, 0.717) is 34.4 Å². The lowest BCUT2D eigenvalue weighted by molar-refractivity contribution is -0.152. The molecule has 0 spiro atoms. The number of aromatic nitrogens is 6. The first-order chi connectivity index (χ1) is 43.8. The molecule has 29 nitrogen and oxygen atoms in total. The topological polar surface area (TPSA) is 502 Å². The Bertz CT molecular complexity index is 3660. The van der Waals surface area contributed by atoms with Crippen LogP contribution in [0.2, 0.25) is 0 Å². The number of halogens is 2. The lowest BCUT2D eigenvalue weighted by Gasteiger charge is -2.00. The second kappa shape index (κ2) is 48.1. The van der Waals surface area contributed by atoms with Crippen LogP contribution in [-0.2, 0) is 33.4 Å². The second-order valence-corrected chi connectivity index (χ2v) is 18.8. The van der Waals surface area contributed by atoms with E-state index in [1.165, 1.54) is 32.1 Å². The van der Waals surface area contributed by atoms with Gasteiger partial charge in [-0.2, -0.15) is 5.10 Å². The highest BCUT2D eigenvalue weighted by Crippen LogP contribution is 2.25. The summed E-state index contributed by atoms with van der Waals surface area (Å²) in [6.45, 7) is 18.0. The molecule has 512 valence electrons. The average Bonchev–Trinajstić information content (AvgIpc) is 1.76. The normalized spacial score (nSPS) is 9.15. The number of aryl methyl sites for hydroxylation is 6. The Balaban J connectivity index is -0.00000105. The summed E-state index contributed by atoms with van der Waals surface area (Å²) in [6.07, 6.45) is -0.449. The van der Waals surface area contributed by atoms with Gasteiger partial charge < -0.3 is 44.2 Å². The third-order valence-corrected chi connectivity index (χ3v) is 11.3. The third-order valence-electron chi connectivity index (χ3n) is 11.3. The number of Topliss-reactive ketones (excluding diaryl/α,β-unsaturated/α-hetero) is 4. The van der Waals surface area contributed by atoms with Crippen LogP contribution >= 0.6 is 24.8 Å². The van der Waals surface area contributed by atoms with Crippen LogP contribution in [-0.4, -0.2) is 115 Å². The molecule has 95 heavy (non-hydrogen) atoms. The van der Waals surface area contributed by atoms with E-state index in [1.807, 2.05) is 150 Å². The van der Waals surface area contributed by atoms with Crippen molar-refractivity contribution in [2.45, 2.75) is 75.7 Å². The summed E-state index contributed by atoms with van der Waals surface area (Å²) in [5, 5.41) is 30.8. The molecule has 0 aliphatic carbocycles. The zero-order chi connectivity index (χ0) is 69.5. The molecule has 0 bridgehead atoms. The number of hydrogen-bond donors (Lipinski definition) is 9. The maximum absolute atomic E-state index is 11.6. The number of nitrogens with zero attached hydrogens (tertiary/aromatic N) is 5. The van der Waals surface area contributed by atoms with Crippen LogP contribution in [0.1, 0.15) is 109 Å². The van der Waals surface area contributed by atoms with Gasteiger partial charge in [-0.1, -0.05) is 165 Å². The van der Waals surface area contributed by atoms with E-state index < -0.39 is 41.8 Å². The molecule has 0 fully saturated rings. The quantitative estimate of drug-likeness (QED) is 0.00501. The number of rotatable bonds is 13. The van der Waals surface area contributed by atoms with Gasteiger partial charge in [0.1, 0.15) is 5.82 Å². The molecular weight excluding hydrogens is 1280 g/mol. The first-order valence-electron chi connectivity index (χ1n) is 27.2. The predicted octanol–water partition coefficient (Wildman–Crippen LogP) is 8.19. The number of hydrazine groups is 2. The number of amidine groups is 1. The van der Waals surface area contributed by atoms with Crippen molar-refractivity contribution in [3.63, 3.8) is 0 Å². The summed E-state index contributed by atoms with van der Waals surface area (Å²) < 4.78 is 28.5. The van der Waals surface area contributed by atoms with Crippen LogP contribution < -0.4 is 34.6 Å². The number of nitrogens with one attached hydrogen (secondary N) is 3. The maximum atomic E-state index is 11.6. The highest BCUT2D eigenvalue weighted by molar-refractivity contribution is 6.38. The van der Waals surface area contributed by atoms with E-state index in [-0.39, 0.29) is 65.7 Å². The zero-order valence-electron chi connectivity index (χ0n) is 54.3. The number of carbonyl (C=O) groups is 8. The Morgan fingerprint density at radius 3 is 1.27 bits per heavy atom. The van der Waals surface area contributed by atoms with Crippen molar-refractivity contribution >= 4 is 77.6 Å². The minimum atomic E-state index is -0.986. The molecule has 16 N–H and O–H groups in total. The van der Waals surface area contributed by atoms with E-state index in [1.54, 1.807) is 50.2 Å². The van der Waals surface area contributed by atoms with Gasteiger partial charge in [0, 0.05) is 52.9 Å². The SMILES string of the molecule is CC(=N)N.CC(=O)c1ccc(C)cc1.CCOC(=O)C(C)=O.COC(=O)C(=O)CC(=O)c1ccc(C)cc1.COC(=O)c1cc(-c2ccc(C)cc2)on1.Cc1ccc(-c2cc(-c3n[nH]c(C)n3)no2)cc1.Cc1ccc(-c2cc(C(=O)NN)no2)cc1.Cl.Cl.NN.NO.O. The molecule has 5 aromatic carbocycles. The fourth-order valence-corrected chi connectivity index (χ4v) is 6.53. The summed E-state index contributed by atoms with van der Waals surface area (Å²) in [6, 6.07) is 42.9. The molecule has 0 saturated carbocycles. The fraction of sp³-hybridized carbons (Fsp3) is 0.219. The van der Waals surface area contributed by atoms with Gasteiger partial charge in [0.25, 0.3) is 5.91 Å². The largest absolute Gasteiger partial charge is 0.464 e. The molecule has 0 unspecified atom stereocenters. The molecule has 1 amide bonds. The van der Waals surface area contributed by atoms with E-state index in [0.717, 1.165) is 51.9 Å². The van der Waals surface area contributed by atoms with Crippen molar-refractivity contribution in [1.29, 1.82) is 5.41 Å². The van der Waals surface area contributed by atoms with E-state index >= 15 is 0 Å². The van der Waals surface area contributed by atoms with Crippen molar-refractivity contribution in [2.75, 3.05) is 20.8 Å². The number of benzene rings is 5. The van der Waals surface area contributed by atoms with Gasteiger partial charge in [-0.05, 0) is 62.3 Å². The van der Waals surface area contributed by atoms with Gasteiger partial charge >= 0.3 is 17.9 Å². The number of methoxy groups -OCH3 is 2. The second-order valence-electron chi connectivity index (χ2n) is 18.8. The standard InChI is InChI=1S/C13H12N4O.C12H11NO3.C12H12O4.C11H11N3O2.C9H10O.C5H8O3.C2H6N2.2ClH.H4N2.H3NO.H2O/c1-8-3-5-10(6-4-8)12-7-11(17-18-12)13-14-9(2)15-16-13;1-8-3-5-9(6-4-8)11-7-10(13-16-11)12(14)15-2;1-8-3-5-9(6-4-8)10(13)7-11(14)12(15)16-2;1-7-2-4-8(5-3-7)10-6-9(14-16-10)11(15)13-12;1-7-3-5-9(6-4-7)8(2)10;1-3-8-5(7)4(2)6;1-2(3)4;;;2*1-2;/h3-7H,1-2H3,(H,14,15,16);3-7H,1-2H3;3-6H,7H2,1-2H3;2-6H,12H2,1H3,(H,13,15);3-6H,1-2H3;3H2,1-2H3;1H3,(H3,3,4);2*1H;1-2H2;2H,1H2;1H2. The first-order valence-corrected chi connectivity index (χ1v) is 27.2. The fourth-order valence-electron chi connectivity index (χ4n) is 6.53. The molecule has 4 heterocycles. The molecule has 0 aliphatic rings. The van der Waals surface area contributed by atoms with Crippen molar-refractivity contribution in [2.24, 2.45) is 29.2 Å². The minimum Gasteiger partial charge on any atom is -0.464 e. The number of aromatic amines is 1. The molecule has 31 heteroatoms. The molecule has 9 rings (SSSR count). The number of H-pyrrole nitrogens is 1. The smallest absolute Gasteiger partial charge is 0.374 e. The number of amides is 1. The Hall–Kier alpha value is -10.8. The van der Waals surface area contributed by atoms with Gasteiger partial charge in [-0.15, -0.1) is 24.8 Å². The molecule has 0 radical (unpaired) electrons. The number of nitrogens with two attached hydrogens (primary N) is 5. The third kappa shape index (κ3) is 33.4. The lowest BCUT2D eigenvalue weighted by Crippen LogP contribution is -2.30. The number of carbonyl (C=O) groups excluding carboxylic acids is 8. The summed E-state index contributed by atoms with van der Waals surface area (Å²) in [5.74, 6) is 15.4. The van der Waals surface area contributed by atoms with E-state index in [4.69, 9.17) is 35.8 Å². The molecule has 9 aromatic rings. The van der Waals surface area contributed by atoms with Crippen LogP contribution in [0.25, 0.3) is 45.5 Å². The average molecular weight is 1360 g/mol. The molecule has 0 saturated heterocycles. The molecule has 0 atom stereocenters. The Kier molecular flexibility index (Phi) is 44.7. The van der Waals surface area contributed by atoms with Crippen LogP contribution in [0.3, 0.4) is 0 Å². The van der Waals surface area contributed by atoms with Crippen LogP contribution in [0.15, 0.2) is 153 Å². The van der Waals surface area contributed by atoms with Crippen LogP contribution in [0.4, 0.5) is 0 Å². The Labute approximate surface area is 560 Å². The molecular formula is C64H81Cl2N13O16. The van der Waals surface area contributed by atoms with Crippen molar-refractivity contribution in [3.05, 3.63) is 196 Å². The number of ketones is 4. The summed E-state index contributed by atoms with van der Waals surface area (Å²) in [4.78, 5) is 91.0. The van der Waals surface area contributed by atoms with Crippen molar-refractivity contribution < 1.29 is 76.8 Å². The van der Waals surface area contributed by atoms with Crippen LogP contribution in [0.5, 0.6) is 0 Å². The van der Waals surface area contributed by atoms with Gasteiger partial charge in [-0.25, -0.2) is 31.1 Å². The number of hydrogen-bond acceptors (Lipinski definition) is 25. The molecule has 0 aliphatic heterocycles. The van der Waals surface area contributed by atoms with E-state index in [2.05, 4.69) is 62.4 Å². The zero-order valence-corrected chi connectivity index (χ0v) is 55.9. The summed E-state index contributed by atoms with van der Waals surface area (Å²) in [5.41, 5.74) is 17.4. The van der Waals surface area contributed by atoms with E-state index in [9.17, 15) is 38.4 Å². The first kappa shape index (κ1) is 88.4. The summed E-state index contributed by atoms with van der Waals surface area (Å²) >= 11 is 0. The van der Waals surface area contributed by atoms with Gasteiger partial charge in [-0.3, -0.25) is 51.6 Å². The Morgan fingerprint density at radius 2 is 0.937 bits per heavy atom. The van der Waals surface area contributed by atoms with Crippen LogP contribution in [0, 0.1) is 47.0 Å². The number of nitrogen functional groups attached to an aromatic ring is 1. The van der Waals surface area contributed by atoms with Crippen molar-refractivity contribution in [1.82, 2.24) is 36.1 Å². The lowest BCUT2D eigenvalue weighted by atomic mass is 10.0. The van der Waals surface area contributed by atoms with Gasteiger partial charge in [0.05, 0.1) is 33.1 Å². The maximum Gasteiger partial charge on any atom is 0.374 e. The highest BCUT2D eigenvalue weighted by Gasteiger charge is 2.20. The summed E-state index contributed by atoms with van der Waals surface area (Å²) in [7, 11) is 2.42.